The molecule has 2 nitrogen and oxygen atoms in total. The van der Waals surface area contributed by atoms with Crippen LogP contribution in [0.2, 0.25) is 0 Å². The highest BCUT2D eigenvalue weighted by Crippen LogP contribution is 2.27. The molecule has 1 aliphatic rings. The van der Waals surface area contributed by atoms with E-state index in [1.165, 1.54) is 5.56 Å². The van der Waals surface area contributed by atoms with Gasteiger partial charge >= 0.3 is 0 Å². The summed E-state index contributed by atoms with van der Waals surface area (Å²) in [6, 6.07) is 8.36. The number of rotatable bonds is 3. The SMILES string of the molecule is CC(C)c1ccccc1OC1CCNC1. The lowest BCUT2D eigenvalue weighted by molar-refractivity contribution is 0.220. The van der Waals surface area contributed by atoms with Crippen molar-refractivity contribution in [2.75, 3.05) is 13.1 Å². The van der Waals surface area contributed by atoms with Crippen LogP contribution in [0.25, 0.3) is 0 Å². The zero-order chi connectivity index (χ0) is 10.7. The van der Waals surface area contributed by atoms with Crippen LogP contribution in [-0.2, 0) is 0 Å². The fourth-order valence-electron chi connectivity index (χ4n) is 1.97. The molecule has 1 aromatic rings. The Bertz CT molecular complexity index is 316. The number of benzene rings is 1. The first-order valence-corrected chi connectivity index (χ1v) is 5.73. The summed E-state index contributed by atoms with van der Waals surface area (Å²) in [7, 11) is 0. The van der Waals surface area contributed by atoms with Crippen molar-refractivity contribution >= 4 is 0 Å². The van der Waals surface area contributed by atoms with Gasteiger partial charge in [0.25, 0.3) is 0 Å². The van der Waals surface area contributed by atoms with Gasteiger partial charge in [0.05, 0.1) is 0 Å². The van der Waals surface area contributed by atoms with Crippen molar-refractivity contribution in [3.63, 3.8) is 0 Å². The van der Waals surface area contributed by atoms with Crippen molar-refractivity contribution < 1.29 is 4.74 Å². The van der Waals surface area contributed by atoms with Gasteiger partial charge in [-0.25, -0.2) is 0 Å². The van der Waals surface area contributed by atoms with E-state index in [9.17, 15) is 0 Å². The molecule has 1 unspecified atom stereocenters. The first-order valence-electron chi connectivity index (χ1n) is 5.73. The monoisotopic (exact) mass is 205 g/mol. The second-order valence-electron chi connectivity index (χ2n) is 4.43. The van der Waals surface area contributed by atoms with E-state index in [2.05, 4.69) is 37.4 Å². The standard InChI is InChI=1S/C13H19NO/c1-10(2)12-5-3-4-6-13(12)15-11-7-8-14-9-11/h3-6,10-11,14H,7-9H2,1-2H3. The van der Waals surface area contributed by atoms with Crippen LogP contribution in [0.5, 0.6) is 5.75 Å². The van der Waals surface area contributed by atoms with Crippen molar-refractivity contribution in [2.24, 2.45) is 0 Å². The van der Waals surface area contributed by atoms with Gasteiger partial charge in [-0.2, -0.15) is 0 Å². The molecule has 0 aliphatic carbocycles. The molecule has 1 aromatic carbocycles. The van der Waals surface area contributed by atoms with Crippen LogP contribution in [-0.4, -0.2) is 19.2 Å². The Morgan fingerprint density at radius 2 is 2.13 bits per heavy atom. The molecule has 1 heterocycles. The van der Waals surface area contributed by atoms with E-state index in [-0.39, 0.29) is 0 Å². The molecule has 1 aliphatic heterocycles. The quantitative estimate of drug-likeness (QED) is 0.818. The lowest BCUT2D eigenvalue weighted by Gasteiger charge is -2.17. The van der Waals surface area contributed by atoms with Crippen molar-refractivity contribution in [2.45, 2.75) is 32.3 Å². The van der Waals surface area contributed by atoms with Crippen molar-refractivity contribution in [1.29, 1.82) is 0 Å². The normalized spacial score (nSPS) is 20.9. The molecule has 2 rings (SSSR count). The topological polar surface area (TPSA) is 21.3 Å². The molecule has 0 saturated carbocycles. The lowest BCUT2D eigenvalue weighted by Crippen LogP contribution is -2.20. The summed E-state index contributed by atoms with van der Waals surface area (Å²) in [6.07, 6.45) is 1.47. The van der Waals surface area contributed by atoms with E-state index in [0.29, 0.717) is 12.0 Å². The zero-order valence-electron chi connectivity index (χ0n) is 9.49. The van der Waals surface area contributed by atoms with Crippen LogP contribution in [0.15, 0.2) is 24.3 Å². The molecule has 1 fully saturated rings. The highest BCUT2D eigenvalue weighted by Gasteiger charge is 2.17. The van der Waals surface area contributed by atoms with E-state index in [1.807, 2.05) is 6.07 Å². The average Bonchev–Trinajstić information content (AvgIpc) is 2.71. The van der Waals surface area contributed by atoms with Crippen LogP contribution in [0.3, 0.4) is 0 Å². The van der Waals surface area contributed by atoms with E-state index in [4.69, 9.17) is 4.74 Å². The molecule has 2 heteroatoms. The maximum Gasteiger partial charge on any atom is 0.123 e. The van der Waals surface area contributed by atoms with Crippen LogP contribution in [0, 0.1) is 0 Å². The second-order valence-corrected chi connectivity index (χ2v) is 4.43. The van der Waals surface area contributed by atoms with Gasteiger partial charge in [-0.1, -0.05) is 32.0 Å². The third-order valence-corrected chi connectivity index (χ3v) is 2.85. The summed E-state index contributed by atoms with van der Waals surface area (Å²) in [6.45, 7) is 6.46. The average molecular weight is 205 g/mol. The minimum Gasteiger partial charge on any atom is -0.489 e. The van der Waals surface area contributed by atoms with Crippen molar-refractivity contribution in [3.8, 4) is 5.75 Å². The Morgan fingerprint density at radius 1 is 1.33 bits per heavy atom. The molecule has 0 radical (unpaired) electrons. The van der Waals surface area contributed by atoms with Crippen LogP contribution >= 0.6 is 0 Å². The summed E-state index contributed by atoms with van der Waals surface area (Å²) in [5, 5.41) is 3.32. The maximum absolute atomic E-state index is 6.01. The molecule has 0 aromatic heterocycles. The number of hydrogen-bond acceptors (Lipinski definition) is 2. The first kappa shape index (κ1) is 10.5. The van der Waals surface area contributed by atoms with E-state index < -0.39 is 0 Å². The van der Waals surface area contributed by atoms with Crippen LogP contribution < -0.4 is 10.1 Å². The molecular weight excluding hydrogens is 186 g/mol. The van der Waals surface area contributed by atoms with Gasteiger partial charge in [-0.15, -0.1) is 0 Å². The van der Waals surface area contributed by atoms with Gasteiger partial charge in [0.15, 0.2) is 0 Å². The van der Waals surface area contributed by atoms with Gasteiger partial charge in [0.1, 0.15) is 11.9 Å². The second kappa shape index (κ2) is 4.67. The van der Waals surface area contributed by atoms with Crippen LogP contribution in [0.1, 0.15) is 31.7 Å². The molecule has 0 bridgehead atoms. The molecule has 0 amide bonds. The Kier molecular flexibility index (Phi) is 3.27. The summed E-state index contributed by atoms with van der Waals surface area (Å²) in [5.74, 6) is 1.58. The number of ether oxygens (including phenoxy) is 1. The van der Waals surface area contributed by atoms with Gasteiger partial charge in [-0.3, -0.25) is 0 Å². The van der Waals surface area contributed by atoms with Gasteiger partial charge in [0.2, 0.25) is 0 Å². The number of para-hydroxylation sites is 1. The minimum absolute atomic E-state index is 0.352. The predicted octanol–water partition coefficient (Wildman–Crippen LogP) is 2.55. The van der Waals surface area contributed by atoms with E-state index in [0.717, 1.165) is 25.3 Å². The Balaban J connectivity index is 2.12. The zero-order valence-corrected chi connectivity index (χ0v) is 9.49. The Labute approximate surface area is 91.6 Å². The molecule has 82 valence electrons. The van der Waals surface area contributed by atoms with Crippen LogP contribution in [0.4, 0.5) is 0 Å². The maximum atomic E-state index is 6.01. The Hall–Kier alpha value is -1.02. The fraction of sp³-hybridized carbons (Fsp3) is 0.538. The number of hydrogen-bond donors (Lipinski definition) is 1. The minimum atomic E-state index is 0.352. The van der Waals surface area contributed by atoms with E-state index in [1.54, 1.807) is 0 Å². The fourth-order valence-corrected chi connectivity index (χ4v) is 1.97. The molecular formula is C13H19NO. The summed E-state index contributed by atoms with van der Waals surface area (Å²) < 4.78 is 6.01. The van der Waals surface area contributed by atoms with E-state index >= 15 is 0 Å². The summed E-state index contributed by atoms with van der Waals surface area (Å²) in [5.41, 5.74) is 1.31. The first-order chi connectivity index (χ1) is 7.27. The Morgan fingerprint density at radius 3 is 2.80 bits per heavy atom. The highest BCUT2D eigenvalue weighted by molar-refractivity contribution is 5.35. The highest BCUT2D eigenvalue weighted by atomic mass is 16.5. The third kappa shape index (κ3) is 2.51. The van der Waals surface area contributed by atoms with Crippen molar-refractivity contribution in [1.82, 2.24) is 5.32 Å². The lowest BCUT2D eigenvalue weighted by atomic mass is 10.0. The number of nitrogens with one attached hydrogen (secondary N) is 1. The smallest absolute Gasteiger partial charge is 0.123 e. The summed E-state index contributed by atoms with van der Waals surface area (Å²) >= 11 is 0. The third-order valence-electron chi connectivity index (χ3n) is 2.85. The molecule has 1 atom stereocenters. The van der Waals surface area contributed by atoms with Gasteiger partial charge in [-0.05, 0) is 30.5 Å². The molecule has 0 spiro atoms. The molecule has 1 saturated heterocycles. The predicted molar refractivity (Wildman–Crippen MR) is 62.4 cm³/mol. The molecule has 1 N–H and O–H groups in total. The molecule has 15 heavy (non-hydrogen) atoms. The summed E-state index contributed by atoms with van der Waals surface area (Å²) in [4.78, 5) is 0. The largest absolute Gasteiger partial charge is 0.489 e. The van der Waals surface area contributed by atoms with Gasteiger partial charge < -0.3 is 10.1 Å². The van der Waals surface area contributed by atoms with Gasteiger partial charge in [0, 0.05) is 6.54 Å². The van der Waals surface area contributed by atoms with Crippen molar-refractivity contribution in [3.05, 3.63) is 29.8 Å².